The van der Waals surface area contributed by atoms with E-state index in [0.717, 1.165) is 22.2 Å². The number of hydrogen-bond acceptors (Lipinski definition) is 5. The molecule has 4 heterocycles. The van der Waals surface area contributed by atoms with Crippen LogP contribution in [0, 0.1) is 0 Å². The maximum absolute atomic E-state index is 12.8. The molecule has 0 spiro atoms. The summed E-state index contributed by atoms with van der Waals surface area (Å²) in [5, 5.41) is 1.04. The lowest BCUT2D eigenvalue weighted by Crippen LogP contribution is -2.35. The molecule has 6 heteroatoms. The Labute approximate surface area is 136 Å². The van der Waals surface area contributed by atoms with Gasteiger partial charge in [-0.05, 0) is 23.8 Å². The summed E-state index contributed by atoms with van der Waals surface area (Å²) in [6.45, 7) is 0.449. The molecule has 0 unspecified atom stereocenters. The minimum atomic E-state index is -0.920. The van der Waals surface area contributed by atoms with E-state index in [4.69, 9.17) is 15.5 Å². The van der Waals surface area contributed by atoms with E-state index in [0.29, 0.717) is 23.4 Å². The second kappa shape index (κ2) is 4.52. The van der Waals surface area contributed by atoms with Gasteiger partial charge in [0.25, 0.3) is 5.56 Å². The minimum Gasteiger partial charge on any atom is -0.459 e. The van der Waals surface area contributed by atoms with Gasteiger partial charge in [0.05, 0.1) is 29.0 Å². The molecule has 1 aromatic carbocycles. The van der Waals surface area contributed by atoms with Gasteiger partial charge in [-0.1, -0.05) is 18.2 Å². The number of ether oxygens (including phenoxy) is 1. The highest BCUT2D eigenvalue weighted by Crippen LogP contribution is 2.34. The Hall–Kier alpha value is -2.99. The number of nitrogens with two attached hydrogens (primary N) is 1. The first kappa shape index (κ1) is 13.4. The highest BCUT2D eigenvalue weighted by Gasteiger charge is 2.32. The van der Waals surface area contributed by atoms with E-state index in [-0.39, 0.29) is 12.2 Å². The van der Waals surface area contributed by atoms with Crippen LogP contribution in [0.5, 0.6) is 0 Å². The lowest BCUT2D eigenvalue weighted by molar-refractivity contribution is -0.148. The van der Waals surface area contributed by atoms with Gasteiger partial charge >= 0.3 is 5.97 Å². The zero-order valence-electron chi connectivity index (χ0n) is 12.7. The molecule has 0 saturated heterocycles. The van der Waals surface area contributed by atoms with E-state index in [1.54, 1.807) is 4.57 Å². The smallest absolute Gasteiger partial charge is 0.327 e. The average molecular weight is 319 g/mol. The third-order valence-corrected chi connectivity index (χ3v) is 4.76. The number of rotatable bonds is 0. The third-order valence-electron chi connectivity index (χ3n) is 4.76. The topological polar surface area (TPSA) is 87.2 Å². The quantitative estimate of drug-likeness (QED) is 0.496. The van der Waals surface area contributed by atoms with Crippen molar-refractivity contribution in [2.24, 2.45) is 5.73 Å². The van der Waals surface area contributed by atoms with Crippen LogP contribution in [0.2, 0.25) is 0 Å². The van der Waals surface area contributed by atoms with Crippen molar-refractivity contribution in [1.82, 2.24) is 9.55 Å². The van der Waals surface area contributed by atoms with Crippen molar-refractivity contribution < 1.29 is 9.53 Å². The molecule has 2 N–H and O–H groups in total. The molecular formula is C18H13N3O3. The highest BCUT2D eigenvalue weighted by atomic mass is 16.5. The van der Waals surface area contributed by atoms with Gasteiger partial charge in [-0.25, -0.2) is 9.78 Å². The highest BCUT2D eigenvalue weighted by molar-refractivity contribution is 5.85. The summed E-state index contributed by atoms with van der Waals surface area (Å²) in [5.41, 5.74) is 10.1. The Morgan fingerprint density at radius 2 is 2.04 bits per heavy atom. The Kier molecular flexibility index (Phi) is 2.53. The average Bonchev–Trinajstić information content (AvgIpc) is 2.95. The zero-order valence-corrected chi connectivity index (χ0v) is 12.7. The predicted octanol–water partition coefficient (Wildman–Crippen LogP) is 1.48. The number of esters is 1. The van der Waals surface area contributed by atoms with E-state index >= 15 is 0 Å². The lowest BCUT2D eigenvalue weighted by Gasteiger charge is -2.22. The molecule has 0 aliphatic carbocycles. The fraction of sp³-hybridized carbons (Fsp3) is 0.167. The van der Waals surface area contributed by atoms with Gasteiger partial charge in [-0.15, -0.1) is 0 Å². The molecule has 3 aromatic rings. The molecule has 2 aliphatic heterocycles. The Morgan fingerprint density at radius 3 is 2.92 bits per heavy atom. The summed E-state index contributed by atoms with van der Waals surface area (Å²) in [4.78, 5) is 29.2. The van der Waals surface area contributed by atoms with Gasteiger partial charge in [0.1, 0.15) is 12.6 Å². The van der Waals surface area contributed by atoms with Gasteiger partial charge in [-0.2, -0.15) is 0 Å². The van der Waals surface area contributed by atoms with Crippen molar-refractivity contribution in [2.75, 3.05) is 0 Å². The molecule has 0 amide bonds. The van der Waals surface area contributed by atoms with Crippen LogP contribution < -0.4 is 11.3 Å². The van der Waals surface area contributed by atoms with Crippen molar-refractivity contribution in [3.8, 4) is 11.4 Å². The van der Waals surface area contributed by atoms with Gasteiger partial charge < -0.3 is 15.0 Å². The predicted molar refractivity (Wildman–Crippen MR) is 87.3 cm³/mol. The van der Waals surface area contributed by atoms with Gasteiger partial charge in [0.15, 0.2) is 0 Å². The summed E-state index contributed by atoms with van der Waals surface area (Å²) >= 11 is 0. The molecule has 24 heavy (non-hydrogen) atoms. The van der Waals surface area contributed by atoms with Crippen LogP contribution in [0.3, 0.4) is 0 Å². The van der Waals surface area contributed by atoms with Gasteiger partial charge in [0, 0.05) is 10.9 Å². The summed E-state index contributed by atoms with van der Waals surface area (Å²) in [7, 11) is 0. The first-order valence-corrected chi connectivity index (χ1v) is 7.71. The second-order valence-electron chi connectivity index (χ2n) is 6.13. The molecule has 2 aliphatic rings. The van der Waals surface area contributed by atoms with Crippen LogP contribution in [0.15, 0.2) is 41.2 Å². The first-order chi connectivity index (χ1) is 11.6. The number of carbonyl (C=O) groups is 1. The van der Waals surface area contributed by atoms with E-state index in [1.807, 2.05) is 30.3 Å². The molecular weight excluding hydrogens is 306 g/mol. The van der Waals surface area contributed by atoms with Crippen LogP contribution in [-0.2, 0) is 22.7 Å². The molecule has 6 nitrogen and oxygen atoms in total. The Morgan fingerprint density at radius 1 is 1.21 bits per heavy atom. The molecule has 0 saturated carbocycles. The van der Waals surface area contributed by atoms with Crippen molar-refractivity contribution in [1.29, 1.82) is 0 Å². The Balaban J connectivity index is 1.80. The van der Waals surface area contributed by atoms with E-state index < -0.39 is 12.0 Å². The molecule has 0 fully saturated rings. The molecule has 0 radical (unpaired) electrons. The van der Waals surface area contributed by atoms with Crippen LogP contribution in [0.1, 0.15) is 22.7 Å². The number of para-hydroxylation sites is 1. The second-order valence-corrected chi connectivity index (χ2v) is 6.13. The summed E-state index contributed by atoms with van der Waals surface area (Å²) in [5.74, 6) is -0.503. The summed E-state index contributed by atoms with van der Waals surface area (Å²) in [6.07, 6.45) is 0. The maximum Gasteiger partial charge on any atom is 0.327 e. The normalized spacial score (nSPS) is 18.0. The number of nitrogens with zero attached hydrogens (tertiary/aromatic N) is 2. The lowest BCUT2D eigenvalue weighted by atomic mass is 9.99. The molecule has 5 rings (SSSR count). The van der Waals surface area contributed by atoms with Gasteiger partial charge in [-0.3, -0.25) is 4.79 Å². The van der Waals surface area contributed by atoms with Crippen LogP contribution in [0.4, 0.5) is 0 Å². The zero-order chi connectivity index (χ0) is 16.4. The molecule has 1 atom stereocenters. The van der Waals surface area contributed by atoms with Crippen molar-refractivity contribution >= 4 is 16.9 Å². The Bertz CT molecular complexity index is 1100. The number of aromatic nitrogens is 2. The minimum absolute atomic E-state index is 0.0211. The first-order valence-electron chi connectivity index (χ1n) is 7.71. The number of pyridine rings is 2. The third kappa shape index (κ3) is 1.66. The fourth-order valence-electron chi connectivity index (χ4n) is 3.52. The molecule has 2 aromatic heterocycles. The number of cyclic esters (lactones) is 1. The fourth-order valence-corrected chi connectivity index (χ4v) is 3.52. The van der Waals surface area contributed by atoms with Crippen LogP contribution in [0.25, 0.3) is 22.3 Å². The van der Waals surface area contributed by atoms with Crippen molar-refractivity contribution in [3.63, 3.8) is 0 Å². The SMILES string of the molecule is N[C@@H]1C(=O)OCc2c1cc1n(c2=O)Cc2cc3ccccc3nc2-1. The number of fused-ring (bicyclic) bond motifs is 5. The standard InChI is InChI=1S/C18H13N3O3/c19-15-11-6-14-16-10(5-9-3-1-2-4-13(9)20-16)7-21(14)17(22)12(11)8-24-18(15)23/h1-6,15H,7-8,19H2/t15-/m0/s1. The molecule has 0 bridgehead atoms. The number of benzene rings is 1. The maximum atomic E-state index is 12.8. The van der Waals surface area contributed by atoms with Gasteiger partial charge in [0.2, 0.25) is 0 Å². The largest absolute Gasteiger partial charge is 0.459 e. The molecule has 118 valence electrons. The van der Waals surface area contributed by atoms with Crippen LogP contribution in [-0.4, -0.2) is 15.5 Å². The monoisotopic (exact) mass is 319 g/mol. The van der Waals surface area contributed by atoms with E-state index in [2.05, 4.69) is 6.07 Å². The number of hydrogen-bond donors (Lipinski definition) is 1. The summed E-state index contributed by atoms with van der Waals surface area (Å²) < 4.78 is 6.69. The van der Waals surface area contributed by atoms with E-state index in [9.17, 15) is 9.59 Å². The summed E-state index contributed by atoms with van der Waals surface area (Å²) in [6, 6.07) is 10.8. The van der Waals surface area contributed by atoms with Crippen molar-refractivity contribution in [3.05, 3.63) is 63.4 Å². The van der Waals surface area contributed by atoms with Crippen molar-refractivity contribution in [2.45, 2.75) is 19.2 Å². The number of carbonyl (C=O) groups excluding carboxylic acids is 1. The van der Waals surface area contributed by atoms with Crippen LogP contribution >= 0.6 is 0 Å². The van der Waals surface area contributed by atoms with E-state index in [1.165, 1.54) is 0 Å².